The van der Waals surface area contributed by atoms with Gasteiger partial charge in [-0.05, 0) is 63.2 Å². The van der Waals surface area contributed by atoms with Gasteiger partial charge in [-0.1, -0.05) is 35.9 Å². The zero-order valence-corrected chi connectivity index (χ0v) is 21.6. The van der Waals surface area contributed by atoms with Crippen molar-refractivity contribution in [2.45, 2.75) is 38.3 Å². The first-order valence-electron chi connectivity index (χ1n) is 11.7. The Bertz CT molecular complexity index is 1350. The van der Waals surface area contributed by atoms with E-state index in [0.29, 0.717) is 6.54 Å². The van der Waals surface area contributed by atoms with Crippen molar-refractivity contribution in [2.75, 3.05) is 17.4 Å². The van der Waals surface area contributed by atoms with Crippen LogP contribution in [0.3, 0.4) is 0 Å². The highest BCUT2D eigenvalue weighted by atomic mass is 32.2. The number of hydrogen-bond acceptors (Lipinski definition) is 4. The molecule has 196 valence electrons. The normalized spacial score (nSPS) is 12.0. The molecule has 3 rings (SSSR count). The van der Waals surface area contributed by atoms with Crippen molar-refractivity contribution in [3.05, 3.63) is 95.6 Å². The molecule has 10 heteroatoms. The second-order valence-corrected chi connectivity index (χ2v) is 10.3. The van der Waals surface area contributed by atoms with E-state index in [2.05, 4.69) is 5.32 Å². The quantitative estimate of drug-likeness (QED) is 0.430. The summed E-state index contributed by atoms with van der Waals surface area (Å²) in [5, 5.41) is 2.63. The molecule has 0 radical (unpaired) electrons. The van der Waals surface area contributed by atoms with Crippen LogP contribution in [0.1, 0.15) is 25.0 Å². The Morgan fingerprint density at radius 2 is 1.57 bits per heavy atom. The molecular formula is C27H29F2N3O4S. The van der Waals surface area contributed by atoms with E-state index in [-0.39, 0.29) is 22.7 Å². The molecule has 1 N–H and O–H groups in total. The average molecular weight is 530 g/mol. The maximum atomic E-state index is 14.5. The van der Waals surface area contributed by atoms with Crippen molar-refractivity contribution >= 4 is 27.5 Å². The molecule has 0 aromatic heterocycles. The number of carbonyl (C=O) groups excluding carboxylic acids is 2. The number of anilines is 1. The average Bonchev–Trinajstić information content (AvgIpc) is 2.87. The van der Waals surface area contributed by atoms with Crippen LogP contribution >= 0.6 is 0 Å². The highest BCUT2D eigenvalue weighted by Crippen LogP contribution is 2.25. The Kier molecular flexibility index (Phi) is 8.99. The fourth-order valence-corrected chi connectivity index (χ4v) is 5.10. The minimum atomic E-state index is -4.26. The standard InChI is InChI=1S/C27H29F2N3O4S/c1-4-30-27(34)20(3)31(17-21-7-5-6-8-25(21)29)26(33)18-32(23-13-11-22(28)12-14-23)37(35,36)24-15-9-19(2)10-16-24/h5-16,20H,4,17-18H2,1-3H3,(H,30,34). The van der Waals surface area contributed by atoms with Gasteiger partial charge in [0.05, 0.1) is 10.6 Å². The largest absolute Gasteiger partial charge is 0.355 e. The van der Waals surface area contributed by atoms with Gasteiger partial charge in [0.15, 0.2) is 0 Å². The lowest BCUT2D eigenvalue weighted by molar-refractivity contribution is -0.139. The summed E-state index contributed by atoms with van der Waals surface area (Å²) in [5.74, 6) is -2.34. The van der Waals surface area contributed by atoms with E-state index in [0.717, 1.165) is 26.9 Å². The summed E-state index contributed by atoms with van der Waals surface area (Å²) in [6, 6.07) is 15.6. The van der Waals surface area contributed by atoms with Gasteiger partial charge in [0.25, 0.3) is 10.0 Å². The van der Waals surface area contributed by atoms with Gasteiger partial charge in [-0.15, -0.1) is 0 Å². The third-order valence-electron chi connectivity index (χ3n) is 5.82. The number of rotatable bonds is 10. The molecule has 0 aliphatic rings. The summed E-state index contributed by atoms with van der Waals surface area (Å²) >= 11 is 0. The Balaban J connectivity index is 2.03. The highest BCUT2D eigenvalue weighted by Gasteiger charge is 2.32. The summed E-state index contributed by atoms with van der Waals surface area (Å²) in [6.07, 6.45) is 0. The topological polar surface area (TPSA) is 86.8 Å². The molecule has 1 unspecified atom stereocenters. The monoisotopic (exact) mass is 529 g/mol. The van der Waals surface area contributed by atoms with Gasteiger partial charge in [0, 0.05) is 18.7 Å². The molecule has 37 heavy (non-hydrogen) atoms. The highest BCUT2D eigenvalue weighted by molar-refractivity contribution is 7.92. The number of nitrogens with one attached hydrogen (secondary N) is 1. The van der Waals surface area contributed by atoms with Gasteiger partial charge < -0.3 is 10.2 Å². The molecule has 1 atom stereocenters. The second kappa shape index (κ2) is 12.0. The fourth-order valence-electron chi connectivity index (χ4n) is 3.69. The van der Waals surface area contributed by atoms with Gasteiger partial charge in [0.2, 0.25) is 11.8 Å². The number of halogens is 2. The first-order chi connectivity index (χ1) is 17.5. The van der Waals surface area contributed by atoms with Crippen LogP contribution in [0.25, 0.3) is 0 Å². The van der Waals surface area contributed by atoms with Crippen molar-refractivity contribution in [2.24, 2.45) is 0 Å². The van der Waals surface area contributed by atoms with E-state index < -0.39 is 46.1 Å². The molecule has 0 saturated heterocycles. The van der Waals surface area contributed by atoms with E-state index >= 15 is 0 Å². The SMILES string of the molecule is CCNC(=O)C(C)N(Cc1ccccc1F)C(=O)CN(c1ccc(F)cc1)S(=O)(=O)c1ccc(C)cc1. The van der Waals surface area contributed by atoms with Crippen LogP contribution in [0.5, 0.6) is 0 Å². The van der Waals surface area contributed by atoms with E-state index in [1.54, 1.807) is 32.0 Å². The summed E-state index contributed by atoms with van der Waals surface area (Å²) < 4.78 is 56.2. The first kappa shape index (κ1) is 27.8. The summed E-state index contributed by atoms with van der Waals surface area (Å²) in [4.78, 5) is 27.3. The van der Waals surface area contributed by atoms with Crippen molar-refractivity contribution in [3.63, 3.8) is 0 Å². The number of benzene rings is 3. The molecule has 3 aromatic rings. The third kappa shape index (κ3) is 6.71. The van der Waals surface area contributed by atoms with E-state index in [9.17, 15) is 26.8 Å². The van der Waals surface area contributed by atoms with E-state index in [1.165, 1.54) is 49.4 Å². The number of hydrogen-bond donors (Lipinski definition) is 1. The van der Waals surface area contributed by atoms with E-state index in [1.807, 2.05) is 0 Å². The molecule has 0 spiro atoms. The van der Waals surface area contributed by atoms with Crippen molar-refractivity contribution in [3.8, 4) is 0 Å². The second-order valence-electron chi connectivity index (χ2n) is 8.48. The van der Waals surface area contributed by atoms with Crippen molar-refractivity contribution in [1.82, 2.24) is 10.2 Å². The Hall–Kier alpha value is -3.79. The van der Waals surface area contributed by atoms with Crippen LogP contribution < -0.4 is 9.62 Å². The molecule has 3 aromatic carbocycles. The number of amides is 2. The lowest BCUT2D eigenvalue weighted by Crippen LogP contribution is -2.51. The number of carbonyl (C=O) groups is 2. The predicted octanol–water partition coefficient (Wildman–Crippen LogP) is 4.02. The Labute approximate surface area is 215 Å². The summed E-state index contributed by atoms with van der Waals surface area (Å²) in [5.41, 5.74) is 1.07. The van der Waals surface area contributed by atoms with Crippen LogP contribution in [0.4, 0.5) is 14.5 Å². The molecule has 2 amide bonds. The van der Waals surface area contributed by atoms with Gasteiger partial charge in [0.1, 0.15) is 24.2 Å². The van der Waals surface area contributed by atoms with Gasteiger partial charge in [-0.25, -0.2) is 17.2 Å². The number of nitrogens with zero attached hydrogens (tertiary/aromatic N) is 2. The molecule has 0 heterocycles. The molecule has 0 bridgehead atoms. The van der Waals surface area contributed by atoms with Gasteiger partial charge in [-0.3, -0.25) is 13.9 Å². The smallest absolute Gasteiger partial charge is 0.264 e. The maximum absolute atomic E-state index is 14.5. The minimum absolute atomic E-state index is 0.0619. The number of sulfonamides is 1. The third-order valence-corrected chi connectivity index (χ3v) is 7.61. The first-order valence-corrected chi connectivity index (χ1v) is 13.1. The van der Waals surface area contributed by atoms with Crippen LogP contribution in [0.2, 0.25) is 0 Å². The Morgan fingerprint density at radius 3 is 2.16 bits per heavy atom. The van der Waals surface area contributed by atoms with Crippen LogP contribution in [-0.2, 0) is 26.2 Å². The predicted molar refractivity (Wildman–Crippen MR) is 137 cm³/mol. The molecule has 0 fully saturated rings. The summed E-state index contributed by atoms with van der Waals surface area (Å²) in [7, 11) is -4.26. The molecule has 0 aliphatic heterocycles. The minimum Gasteiger partial charge on any atom is -0.355 e. The van der Waals surface area contributed by atoms with Gasteiger partial charge in [-0.2, -0.15) is 0 Å². The van der Waals surface area contributed by atoms with Crippen LogP contribution in [0.15, 0.2) is 77.7 Å². The van der Waals surface area contributed by atoms with Crippen molar-refractivity contribution in [1.29, 1.82) is 0 Å². The zero-order chi connectivity index (χ0) is 27.2. The molecule has 0 saturated carbocycles. The Morgan fingerprint density at radius 1 is 0.946 bits per heavy atom. The lowest BCUT2D eigenvalue weighted by Gasteiger charge is -2.32. The van der Waals surface area contributed by atoms with Gasteiger partial charge >= 0.3 is 0 Å². The summed E-state index contributed by atoms with van der Waals surface area (Å²) in [6.45, 7) is 4.37. The van der Waals surface area contributed by atoms with Crippen LogP contribution in [-0.4, -0.2) is 44.3 Å². The lowest BCUT2D eigenvalue weighted by atomic mass is 10.1. The maximum Gasteiger partial charge on any atom is 0.264 e. The van der Waals surface area contributed by atoms with Crippen molar-refractivity contribution < 1.29 is 26.8 Å². The zero-order valence-electron chi connectivity index (χ0n) is 20.8. The molecule has 7 nitrogen and oxygen atoms in total. The molecule has 0 aliphatic carbocycles. The van der Waals surface area contributed by atoms with E-state index in [4.69, 9.17) is 0 Å². The molecular weight excluding hydrogens is 500 g/mol. The number of likely N-dealkylation sites (N-methyl/N-ethyl adjacent to an activating group) is 1. The fraction of sp³-hybridized carbons (Fsp3) is 0.259. The van der Waals surface area contributed by atoms with Crippen LogP contribution in [0, 0.1) is 18.6 Å². The number of aryl methyl sites for hydroxylation is 1.